The van der Waals surface area contributed by atoms with Gasteiger partial charge in [0.1, 0.15) is 11.0 Å². The first kappa shape index (κ1) is 15.1. The van der Waals surface area contributed by atoms with E-state index < -0.39 is 0 Å². The fourth-order valence-corrected chi connectivity index (χ4v) is 3.44. The molecule has 0 aliphatic carbocycles. The lowest BCUT2D eigenvalue weighted by molar-refractivity contribution is -0.134. The Morgan fingerprint density at radius 1 is 1.36 bits per heavy atom. The number of hydrogen-bond donors (Lipinski definition) is 0. The van der Waals surface area contributed by atoms with E-state index in [1.54, 1.807) is 0 Å². The lowest BCUT2D eigenvalue weighted by atomic mass is 10.0. The second-order valence-corrected chi connectivity index (χ2v) is 6.18. The second-order valence-electron chi connectivity index (χ2n) is 6.18. The molecule has 1 saturated heterocycles. The number of nitrogens with zero attached hydrogens (tertiary/aromatic N) is 5. The SMILES string of the molecule is CCn1nc(C)c2c1cnn2CCC(=O)N1CCCCC1C. The van der Waals surface area contributed by atoms with E-state index in [0.717, 1.165) is 42.7 Å². The number of amides is 1. The quantitative estimate of drug-likeness (QED) is 0.871. The highest BCUT2D eigenvalue weighted by Crippen LogP contribution is 2.20. The van der Waals surface area contributed by atoms with Crippen LogP contribution in [-0.4, -0.2) is 43.0 Å². The number of carbonyl (C=O) groups excluding carboxylic acids is 1. The zero-order valence-corrected chi connectivity index (χ0v) is 13.7. The minimum Gasteiger partial charge on any atom is -0.340 e. The van der Waals surface area contributed by atoms with Crippen molar-refractivity contribution in [3.8, 4) is 0 Å². The predicted molar refractivity (Wildman–Crippen MR) is 85.6 cm³/mol. The van der Waals surface area contributed by atoms with Gasteiger partial charge in [0.05, 0.1) is 18.4 Å². The van der Waals surface area contributed by atoms with Crippen LogP contribution in [0.25, 0.3) is 11.0 Å². The van der Waals surface area contributed by atoms with Gasteiger partial charge >= 0.3 is 0 Å². The van der Waals surface area contributed by atoms with Crippen LogP contribution in [0, 0.1) is 6.92 Å². The van der Waals surface area contributed by atoms with Crippen LogP contribution in [0.15, 0.2) is 6.20 Å². The summed E-state index contributed by atoms with van der Waals surface area (Å²) >= 11 is 0. The van der Waals surface area contributed by atoms with E-state index in [9.17, 15) is 4.79 Å². The molecule has 2 aromatic heterocycles. The van der Waals surface area contributed by atoms with Gasteiger partial charge in [-0.25, -0.2) is 0 Å². The molecular weight excluding hydrogens is 278 g/mol. The summed E-state index contributed by atoms with van der Waals surface area (Å²) < 4.78 is 3.89. The van der Waals surface area contributed by atoms with Crippen LogP contribution in [-0.2, 0) is 17.9 Å². The molecule has 120 valence electrons. The van der Waals surface area contributed by atoms with Crippen LogP contribution in [0.1, 0.15) is 45.2 Å². The van der Waals surface area contributed by atoms with Crippen molar-refractivity contribution in [1.29, 1.82) is 0 Å². The molecule has 1 aliphatic rings. The zero-order valence-electron chi connectivity index (χ0n) is 13.7. The normalized spacial score (nSPS) is 19.0. The first-order valence-electron chi connectivity index (χ1n) is 8.30. The average Bonchev–Trinajstić information content (AvgIpc) is 3.07. The van der Waals surface area contributed by atoms with E-state index in [-0.39, 0.29) is 5.91 Å². The molecule has 1 aliphatic heterocycles. The van der Waals surface area contributed by atoms with Gasteiger partial charge in [0.25, 0.3) is 0 Å². The fourth-order valence-electron chi connectivity index (χ4n) is 3.44. The zero-order chi connectivity index (χ0) is 15.7. The van der Waals surface area contributed by atoms with Crippen LogP contribution in [0.2, 0.25) is 0 Å². The Morgan fingerprint density at radius 2 is 2.18 bits per heavy atom. The summed E-state index contributed by atoms with van der Waals surface area (Å²) in [7, 11) is 0. The van der Waals surface area contributed by atoms with E-state index >= 15 is 0 Å². The molecule has 6 heteroatoms. The predicted octanol–water partition coefficient (Wildman–Crippen LogP) is 2.35. The van der Waals surface area contributed by atoms with Gasteiger partial charge in [0.2, 0.25) is 5.91 Å². The number of piperidine rings is 1. The van der Waals surface area contributed by atoms with Crippen LogP contribution in [0.3, 0.4) is 0 Å². The summed E-state index contributed by atoms with van der Waals surface area (Å²) in [5.41, 5.74) is 3.09. The highest BCUT2D eigenvalue weighted by Gasteiger charge is 2.23. The Hall–Kier alpha value is -1.85. The third-order valence-electron chi connectivity index (χ3n) is 4.67. The fraction of sp³-hybridized carbons (Fsp3) is 0.688. The van der Waals surface area contributed by atoms with Crippen LogP contribution in [0.4, 0.5) is 0 Å². The first-order chi connectivity index (χ1) is 10.6. The molecule has 0 saturated carbocycles. The van der Waals surface area contributed by atoms with Crippen molar-refractivity contribution in [1.82, 2.24) is 24.5 Å². The summed E-state index contributed by atoms with van der Waals surface area (Å²) in [5, 5.41) is 8.96. The minimum absolute atomic E-state index is 0.247. The number of fused-ring (bicyclic) bond motifs is 1. The van der Waals surface area contributed by atoms with Gasteiger partial charge in [0, 0.05) is 25.6 Å². The molecule has 3 rings (SSSR count). The lowest BCUT2D eigenvalue weighted by Crippen LogP contribution is -2.42. The highest BCUT2D eigenvalue weighted by atomic mass is 16.2. The molecular formula is C16H25N5O. The lowest BCUT2D eigenvalue weighted by Gasteiger charge is -2.33. The number of likely N-dealkylation sites (tertiary alicyclic amines) is 1. The molecule has 2 aromatic rings. The van der Waals surface area contributed by atoms with Crippen molar-refractivity contribution in [3.05, 3.63) is 11.9 Å². The van der Waals surface area contributed by atoms with Crippen LogP contribution >= 0.6 is 0 Å². The second kappa shape index (κ2) is 6.10. The maximum Gasteiger partial charge on any atom is 0.224 e. The van der Waals surface area contributed by atoms with Gasteiger partial charge in [0.15, 0.2) is 0 Å². The Labute approximate surface area is 131 Å². The van der Waals surface area contributed by atoms with Crippen molar-refractivity contribution < 1.29 is 4.79 Å². The summed E-state index contributed by atoms with van der Waals surface area (Å²) in [6, 6.07) is 0.378. The van der Waals surface area contributed by atoms with E-state index in [1.807, 2.05) is 27.4 Å². The van der Waals surface area contributed by atoms with Crippen LogP contribution in [0.5, 0.6) is 0 Å². The Bertz CT molecular complexity index is 671. The van der Waals surface area contributed by atoms with Gasteiger partial charge in [-0.2, -0.15) is 10.2 Å². The number of hydrogen-bond acceptors (Lipinski definition) is 3. The third-order valence-corrected chi connectivity index (χ3v) is 4.67. The van der Waals surface area contributed by atoms with Gasteiger partial charge in [-0.05, 0) is 40.0 Å². The molecule has 0 bridgehead atoms. The summed E-state index contributed by atoms with van der Waals surface area (Å²) in [6.45, 7) is 8.59. The Morgan fingerprint density at radius 3 is 2.91 bits per heavy atom. The molecule has 0 radical (unpaired) electrons. The summed E-state index contributed by atoms with van der Waals surface area (Å²) in [5.74, 6) is 0.247. The Balaban J connectivity index is 1.71. The minimum atomic E-state index is 0.247. The molecule has 1 amide bonds. The smallest absolute Gasteiger partial charge is 0.224 e. The maximum absolute atomic E-state index is 12.5. The monoisotopic (exact) mass is 303 g/mol. The van der Waals surface area contributed by atoms with E-state index in [4.69, 9.17) is 0 Å². The van der Waals surface area contributed by atoms with E-state index in [1.165, 1.54) is 6.42 Å². The van der Waals surface area contributed by atoms with Gasteiger partial charge in [-0.15, -0.1) is 0 Å². The molecule has 3 heterocycles. The maximum atomic E-state index is 12.5. The summed E-state index contributed by atoms with van der Waals surface area (Å²) in [6.07, 6.45) is 5.86. The average molecular weight is 303 g/mol. The summed E-state index contributed by atoms with van der Waals surface area (Å²) in [4.78, 5) is 14.5. The van der Waals surface area contributed by atoms with Crippen LogP contribution < -0.4 is 0 Å². The van der Waals surface area contributed by atoms with E-state index in [2.05, 4.69) is 24.0 Å². The topological polar surface area (TPSA) is 56.0 Å². The van der Waals surface area contributed by atoms with Gasteiger partial charge in [-0.1, -0.05) is 0 Å². The molecule has 0 N–H and O–H groups in total. The molecule has 1 fully saturated rings. The molecule has 22 heavy (non-hydrogen) atoms. The standard InChI is InChI=1S/C16H25N5O/c1-4-20-14-11-17-21(16(14)13(3)18-20)10-8-15(22)19-9-6-5-7-12(19)2/h11-12H,4-10H2,1-3H3. The number of aryl methyl sites for hydroxylation is 3. The first-order valence-corrected chi connectivity index (χ1v) is 8.30. The van der Waals surface area contributed by atoms with Gasteiger partial charge < -0.3 is 4.90 Å². The molecule has 0 aromatic carbocycles. The number of carbonyl (C=O) groups is 1. The van der Waals surface area contributed by atoms with Gasteiger partial charge in [-0.3, -0.25) is 14.2 Å². The number of aromatic nitrogens is 4. The largest absolute Gasteiger partial charge is 0.340 e. The third kappa shape index (κ3) is 2.62. The van der Waals surface area contributed by atoms with Crippen molar-refractivity contribution in [2.24, 2.45) is 0 Å². The van der Waals surface area contributed by atoms with Crippen molar-refractivity contribution in [2.75, 3.05) is 6.54 Å². The highest BCUT2D eigenvalue weighted by molar-refractivity contribution is 5.79. The van der Waals surface area contributed by atoms with Crippen molar-refractivity contribution in [2.45, 2.75) is 65.6 Å². The van der Waals surface area contributed by atoms with Crippen molar-refractivity contribution in [3.63, 3.8) is 0 Å². The molecule has 1 unspecified atom stereocenters. The Kier molecular flexibility index (Phi) is 4.18. The molecule has 1 atom stereocenters. The number of rotatable bonds is 4. The molecule has 0 spiro atoms. The van der Waals surface area contributed by atoms with Crippen molar-refractivity contribution >= 4 is 16.9 Å². The molecule has 6 nitrogen and oxygen atoms in total. The van der Waals surface area contributed by atoms with E-state index in [0.29, 0.717) is 19.0 Å².